The first kappa shape index (κ1) is 13.1. The second-order valence-corrected chi connectivity index (χ2v) is 5.50. The lowest BCUT2D eigenvalue weighted by Crippen LogP contribution is -2.41. The molecule has 92 valence electrons. The highest BCUT2D eigenvalue weighted by molar-refractivity contribution is 7.89. The lowest BCUT2D eigenvalue weighted by molar-refractivity contribution is -0.137. The fraction of sp³-hybridized carbons (Fsp3) is 0.750. The number of nitrogens with zero attached hydrogens (tertiary/aromatic N) is 1. The van der Waals surface area contributed by atoms with Crippen molar-refractivity contribution in [2.75, 3.05) is 19.3 Å². The number of nitrogens with two attached hydrogens (primary N) is 1. The largest absolute Gasteiger partial charge is 0.330 e. The molecule has 0 bridgehead atoms. The summed E-state index contributed by atoms with van der Waals surface area (Å²) < 4.78 is 25.1. The van der Waals surface area contributed by atoms with Gasteiger partial charge in [0.1, 0.15) is 6.04 Å². The minimum absolute atomic E-state index is 0.114. The number of rotatable bonds is 5. The smallest absolute Gasteiger partial charge is 0.247 e. The zero-order chi connectivity index (χ0) is 12.3. The molecule has 0 aromatic carbocycles. The number of amides is 2. The summed E-state index contributed by atoms with van der Waals surface area (Å²) in [4.78, 5) is 23.5. The molecule has 8 heteroatoms. The van der Waals surface area contributed by atoms with Gasteiger partial charge in [0.25, 0.3) is 0 Å². The molecule has 1 aliphatic heterocycles. The van der Waals surface area contributed by atoms with E-state index in [1.165, 1.54) is 7.05 Å². The first-order valence-electron chi connectivity index (χ1n) is 4.88. The Morgan fingerprint density at radius 3 is 2.56 bits per heavy atom. The van der Waals surface area contributed by atoms with Crippen LogP contribution in [0.4, 0.5) is 0 Å². The maximum atomic E-state index is 11.5. The Hall–Kier alpha value is -0.990. The zero-order valence-electron chi connectivity index (χ0n) is 8.97. The van der Waals surface area contributed by atoms with Gasteiger partial charge in [0.05, 0.1) is 12.2 Å². The van der Waals surface area contributed by atoms with Crippen molar-refractivity contribution in [1.82, 2.24) is 9.62 Å². The second kappa shape index (κ2) is 4.89. The Morgan fingerprint density at radius 1 is 1.50 bits per heavy atom. The highest BCUT2D eigenvalue weighted by atomic mass is 32.2. The van der Waals surface area contributed by atoms with Crippen LogP contribution in [0.2, 0.25) is 0 Å². The molecule has 1 saturated heterocycles. The zero-order valence-corrected chi connectivity index (χ0v) is 9.79. The van der Waals surface area contributed by atoms with Gasteiger partial charge < -0.3 is 5.73 Å². The molecule has 1 aliphatic rings. The van der Waals surface area contributed by atoms with E-state index in [0.29, 0.717) is 6.42 Å². The standard InChI is InChI=1S/C8H15N3O4S/c1-11-7(12)5-6(8(11)13)10-16(14,15)4-2-3-9/h6,10H,2-5,9H2,1H3. The van der Waals surface area contributed by atoms with Gasteiger partial charge in [0.15, 0.2) is 0 Å². The summed E-state index contributed by atoms with van der Waals surface area (Å²) in [6, 6.07) is -0.958. The number of likely N-dealkylation sites (tertiary alicyclic amines) is 1. The summed E-state index contributed by atoms with van der Waals surface area (Å²) in [7, 11) is -2.20. The van der Waals surface area contributed by atoms with Crippen molar-refractivity contribution in [2.45, 2.75) is 18.9 Å². The van der Waals surface area contributed by atoms with Gasteiger partial charge in [0.2, 0.25) is 21.8 Å². The summed E-state index contributed by atoms with van der Waals surface area (Å²) in [5, 5.41) is 0. The predicted octanol–water partition coefficient (Wildman–Crippen LogP) is -1.99. The minimum Gasteiger partial charge on any atom is -0.330 e. The molecule has 3 N–H and O–H groups in total. The van der Waals surface area contributed by atoms with Crippen LogP contribution in [-0.4, -0.2) is 50.5 Å². The third-order valence-corrected chi connectivity index (χ3v) is 3.79. The van der Waals surface area contributed by atoms with E-state index in [1.807, 2.05) is 0 Å². The molecule has 1 fully saturated rings. The van der Waals surface area contributed by atoms with Crippen molar-refractivity contribution in [2.24, 2.45) is 5.73 Å². The summed E-state index contributed by atoms with van der Waals surface area (Å²) in [5.41, 5.74) is 5.19. The fourth-order valence-electron chi connectivity index (χ4n) is 1.40. The molecule has 16 heavy (non-hydrogen) atoms. The van der Waals surface area contributed by atoms with Gasteiger partial charge in [-0.3, -0.25) is 14.5 Å². The molecule has 0 spiro atoms. The van der Waals surface area contributed by atoms with Crippen LogP contribution in [0.15, 0.2) is 0 Å². The van der Waals surface area contributed by atoms with Gasteiger partial charge in [-0.05, 0) is 13.0 Å². The van der Waals surface area contributed by atoms with E-state index in [-0.39, 0.29) is 24.6 Å². The van der Waals surface area contributed by atoms with Crippen LogP contribution < -0.4 is 10.5 Å². The highest BCUT2D eigenvalue weighted by Gasteiger charge is 2.38. The maximum absolute atomic E-state index is 11.5. The number of carbonyl (C=O) groups excluding carboxylic acids is 2. The van der Waals surface area contributed by atoms with E-state index in [9.17, 15) is 18.0 Å². The summed E-state index contributed by atoms with van der Waals surface area (Å²) in [6.45, 7) is 0.262. The van der Waals surface area contributed by atoms with Gasteiger partial charge in [0, 0.05) is 7.05 Å². The topological polar surface area (TPSA) is 110 Å². The monoisotopic (exact) mass is 249 g/mol. The average Bonchev–Trinajstić information content (AvgIpc) is 2.43. The van der Waals surface area contributed by atoms with E-state index >= 15 is 0 Å². The molecule has 0 aliphatic carbocycles. The molecule has 2 amide bonds. The summed E-state index contributed by atoms with van der Waals surface area (Å²) in [6.07, 6.45) is 0.206. The van der Waals surface area contributed by atoms with Crippen LogP contribution in [0.5, 0.6) is 0 Å². The Labute approximate surface area is 94.0 Å². The minimum atomic E-state index is -3.54. The molecule has 0 radical (unpaired) electrons. The number of imide groups is 1. The number of likely N-dealkylation sites (N-methyl/N-ethyl adjacent to an activating group) is 1. The van der Waals surface area contributed by atoms with E-state index in [0.717, 1.165) is 4.90 Å². The fourth-order valence-corrected chi connectivity index (χ4v) is 2.68. The quantitative estimate of drug-likeness (QED) is 0.548. The number of hydrogen-bond donors (Lipinski definition) is 2. The van der Waals surface area contributed by atoms with E-state index < -0.39 is 22.0 Å². The van der Waals surface area contributed by atoms with Gasteiger partial charge in [-0.1, -0.05) is 0 Å². The highest BCUT2D eigenvalue weighted by Crippen LogP contribution is 2.11. The van der Waals surface area contributed by atoms with E-state index in [4.69, 9.17) is 5.73 Å². The van der Waals surface area contributed by atoms with Crippen molar-refractivity contribution < 1.29 is 18.0 Å². The van der Waals surface area contributed by atoms with Crippen LogP contribution in [0.25, 0.3) is 0 Å². The number of carbonyl (C=O) groups is 2. The molecule has 7 nitrogen and oxygen atoms in total. The van der Waals surface area contributed by atoms with Crippen LogP contribution in [0.1, 0.15) is 12.8 Å². The molecule has 0 aromatic rings. The van der Waals surface area contributed by atoms with Gasteiger partial charge in [-0.25, -0.2) is 13.1 Å². The molecule has 1 heterocycles. The lowest BCUT2D eigenvalue weighted by atomic mass is 10.3. The van der Waals surface area contributed by atoms with Gasteiger partial charge in [-0.15, -0.1) is 0 Å². The normalized spacial score (nSPS) is 21.9. The Kier molecular flexibility index (Phi) is 4.00. The Morgan fingerprint density at radius 2 is 2.12 bits per heavy atom. The first-order chi connectivity index (χ1) is 7.37. The van der Waals surface area contributed by atoms with Gasteiger partial charge >= 0.3 is 0 Å². The van der Waals surface area contributed by atoms with Gasteiger partial charge in [-0.2, -0.15) is 0 Å². The molecular formula is C8H15N3O4S. The second-order valence-electron chi connectivity index (χ2n) is 3.63. The van der Waals surface area contributed by atoms with Crippen molar-refractivity contribution in [3.05, 3.63) is 0 Å². The van der Waals surface area contributed by atoms with Crippen molar-refractivity contribution in [3.8, 4) is 0 Å². The third-order valence-electron chi connectivity index (χ3n) is 2.32. The SMILES string of the molecule is CN1C(=O)CC(NS(=O)(=O)CCCN)C1=O. The van der Waals surface area contributed by atoms with Crippen LogP contribution in [0, 0.1) is 0 Å². The van der Waals surface area contributed by atoms with Crippen LogP contribution >= 0.6 is 0 Å². The van der Waals surface area contributed by atoms with Crippen LogP contribution in [0.3, 0.4) is 0 Å². The number of hydrogen-bond acceptors (Lipinski definition) is 5. The molecule has 1 atom stereocenters. The molecule has 0 aromatic heterocycles. The third kappa shape index (κ3) is 3.00. The van der Waals surface area contributed by atoms with Crippen molar-refractivity contribution in [3.63, 3.8) is 0 Å². The number of nitrogens with one attached hydrogen (secondary N) is 1. The lowest BCUT2D eigenvalue weighted by Gasteiger charge is -2.11. The summed E-state index contributed by atoms with van der Waals surface area (Å²) >= 11 is 0. The Bertz CT molecular complexity index is 392. The molecule has 1 rings (SSSR count). The van der Waals surface area contributed by atoms with E-state index in [2.05, 4.69) is 4.72 Å². The van der Waals surface area contributed by atoms with Crippen molar-refractivity contribution in [1.29, 1.82) is 0 Å². The molecular weight excluding hydrogens is 234 g/mol. The first-order valence-corrected chi connectivity index (χ1v) is 6.53. The van der Waals surface area contributed by atoms with E-state index in [1.54, 1.807) is 0 Å². The summed E-state index contributed by atoms with van der Waals surface area (Å²) in [5.74, 6) is -1.02. The maximum Gasteiger partial charge on any atom is 0.247 e. The van der Waals surface area contributed by atoms with Crippen LogP contribution in [-0.2, 0) is 19.6 Å². The molecule has 0 saturated carbocycles. The molecule has 1 unspecified atom stereocenters. The number of sulfonamides is 1. The average molecular weight is 249 g/mol. The Balaban J connectivity index is 2.62. The van der Waals surface area contributed by atoms with Crippen molar-refractivity contribution >= 4 is 21.8 Å². The predicted molar refractivity (Wildman–Crippen MR) is 56.8 cm³/mol.